The Bertz CT molecular complexity index is 944. The number of benzene rings is 2. The lowest BCUT2D eigenvalue weighted by molar-refractivity contribution is -0.137. The fraction of sp³-hybridized carbons (Fsp3) is 0.0625. The summed E-state index contributed by atoms with van der Waals surface area (Å²) in [6.07, 6.45) is -4.44. The summed E-state index contributed by atoms with van der Waals surface area (Å²) >= 11 is 0. The first-order chi connectivity index (χ1) is 10.9. The quantitative estimate of drug-likeness (QED) is 0.539. The summed E-state index contributed by atoms with van der Waals surface area (Å²) in [6.45, 7) is 0. The zero-order valence-corrected chi connectivity index (χ0v) is 11.5. The summed E-state index contributed by atoms with van der Waals surface area (Å²) in [4.78, 5) is 16.5. The number of hydrogen-bond donors (Lipinski definition) is 0. The number of carbonyl (C=O) groups is 1. The Morgan fingerprint density at radius 2 is 1.70 bits per heavy atom. The second kappa shape index (κ2) is 4.52. The number of halogens is 3. The molecule has 2 aromatic carbocycles. The normalized spacial score (nSPS) is 13.1. The van der Waals surface area contributed by atoms with Crippen LogP contribution in [0.25, 0.3) is 22.8 Å². The minimum atomic E-state index is -4.44. The van der Waals surface area contributed by atoms with Crippen LogP contribution in [-0.2, 0) is 6.18 Å². The van der Waals surface area contributed by atoms with Crippen LogP contribution in [0, 0.1) is 0 Å². The summed E-state index contributed by atoms with van der Waals surface area (Å²) in [5.74, 6) is 0.105. The average Bonchev–Trinajstić information content (AvgIpc) is 3.08. The molecule has 0 radical (unpaired) electrons. The van der Waals surface area contributed by atoms with E-state index in [1.54, 1.807) is 24.3 Å². The maximum Gasteiger partial charge on any atom is 0.416 e. The second-order valence-corrected chi connectivity index (χ2v) is 5.10. The van der Waals surface area contributed by atoms with E-state index in [1.807, 2.05) is 0 Å². The van der Waals surface area contributed by atoms with Gasteiger partial charge in [0.1, 0.15) is 0 Å². The molecular weight excluding hydrogens is 307 g/mol. The standard InChI is InChI=1S/C16H8F3N3O/c17-16(18,19)10-5-3-4-9(8-10)13-20-14-11-6-1-2-7-12(11)15(23)22(14)21-13/h1-8H. The number of fused-ring (bicyclic) bond motifs is 3. The van der Waals surface area contributed by atoms with Crippen LogP contribution in [0.3, 0.4) is 0 Å². The SMILES string of the molecule is O=C1c2ccccc2-c2nc(-c3cccc(C(F)(F)F)c3)nn21. The summed E-state index contributed by atoms with van der Waals surface area (Å²) in [5.41, 5.74) is 0.546. The van der Waals surface area contributed by atoms with Crippen molar-refractivity contribution in [3.05, 3.63) is 59.7 Å². The summed E-state index contributed by atoms with van der Waals surface area (Å²) in [5, 5.41) is 4.07. The molecule has 0 saturated carbocycles. The van der Waals surface area contributed by atoms with Crippen LogP contribution >= 0.6 is 0 Å². The van der Waals surface area contributed by atoms with Crippen LogP contribution in [0.2, 0.25) is 0 Å². The lowest BCUT2D eigenvalue weighted by Gasteiger charge is -2.06. The van der Waals surface area contributed by atoms with E-state index in [1.165, 1.54) is 12.1 Å². The lowest BCUT2D eigenvalue weighted by atomic mass is 10.1. The van der Waals surface area contributed by atoms with Crippen molar-refractivity contribution in [2.75, 3.05) is 0 Å². The van der Waals surface area contributed by atoms with Crippen LogP contribution in [0.4, 0.5) is 13.2 Å². The summed E-state index contributed by atoms with van der Waals surface area (Å²) < 4.78 is 39.5. The summed E-state index contributed by atoms with van der Waals surface area (Å²) in [7, 11) is 0. The van der Waals surface area contributed by atoms with E-state index in [0.717, 1.165) is 16.8 Å². The molecule has 4 nitrogen and oxygen atoms in total. The zero-order valence-electron chi connectivity index (χ0n) is 11.5. The number of aromatic nitrogens is 3. The maximum absolute atomic E-state index is 12.8. The van der Waals surface area contributed by atoms with Gasteiger partial charge >= 0.3 is 6.18 Å². The monoisotopic (exact) mass is 315 g/mol. The fourth-order valence-corrected chi connectivity index (χ4v) is 2.56. The predicted molar refractivity (Wildman–Crippen MR) is 75.6 cm³/mol. The number of nitrogens with zero attached hydrogens (tertiary/aromatic N) is 3. The molecule has 0 N–H and O–H groups in total. The highest BCUT2D eigenvalue weighted by Gasteiger charge is 2.32. The van der Waals surface area contributed by atoms with Gasteiger partial charge in [0.2, 0.25) is 0 Å². The van der Waals surface area contributed by atoms with Gasteiger partial charge in [-0.2, -0.15) is 17.9 Å². The van der Waals surface area contributed by atoms with Crippen LogP contribution < -0.4 is 0 Å². The Kier molecular flexibility index (Phi) is 2.69. The van der Waals surface area contributed by atoms with Gasteiger partial charge in [-0.05, 0) is 18.2 Å². The highest BCUT2D eigenvalue weighted by Crippen LogP contribution is 2.34. The van der Waals surface area contributed by atoms with E-state index in [0.29, 0.717) is 17.0 Å². The Morgan fingerprint density at radius 1 is 0.957 bits per heavy atom. The lowest BCUT2D eigenvalue weighted by Crippen LogP contribution is -2.08. The molecule has 0 atom stereocenters. The first-order valence-electron chi connectivity index (χ1n) is 6.74. The molecule has 0 bridgehead atoms. The molecular formula is C16H8F3N3O. The minimum absolute atomic E-state index is 0.0916. The van der Waals surface area contributed by atoms with E-state index in [4.69, 9.17) is 0 Å². The van der Waals surface area contributed by atoms with Crippen LogP contribution in [-0.4, -0.2) is 20.7 Å². The average molecular weight is 315 g/mol. The van der Waals surface area contributed by atoms with Crippen molar-refractivity contribution in [1.29, 1.82) is 0 Å². The smallest absolute Gasteiger partial charge is 0.267 e. The van der Waals surface area contributed by atoms with E-state index >= 15 is 0 Å². The first kappa shape index (κ1) is 13.7. The van der Waals surface area contributed by atoms with Crippen molar-refractivity contribution in [2.24, 2.45) is 0 Å². The third kappa shape index (κ3) is 2.04. The van der Waals surface area contributed by atoms with E-state index < -0.39 is 11.7 Å². The van der Waals surface area contributed by atoms with Crippen LogP contribution in [0.15, 0.2) is 48.5 Å². The number of carbonyl (C=O) groups excluding carboxylic acids is 1. The Balaban J connectivity index is 1.84. The van der Waals surface area contributed by atoms with Crippen molar-refractivity contribution in [1.82, 2.24) is 14.8 Å². The molecule has 0 spiro atoms. The minimum Gasteiger partial charge on any atom is -0.267 e. The van der Waals surface area contributed by atoms with Crippen molar-refractivity contribution < 1.29 is 18.0 Å². The molecule has 23 heavy (non-hydrogen) atoms. The van der Waals surface area contributed by atoms with Crippen LogP contribution in [0.5, 0.6) is 0 Å². The number of rotatable bonds is 1. The first-order valence-corrected chi connectivity index (χ1v) is 6.74. The van der Waals surface area contributed by atoms with Gasteiger partial charge in [0.25, 0.3) is 5.91 Å². The molecule has 3 aromatic rings. The predicted octanol–water partition coefficient (Wildman–Crippen LogP) is 3.63. The zero-order chi connectivity index (χ0) is 16.2. The number of hydrogen-bond acceptors (Lipinski definition) is 3. The molecule has 4 rings (SSSR count). The van der Waals surface area contributed by atoms with Gasteiger partial charge in [0, 0.05) is 11.1 Å². The van der Waals surface area contributed by atoms with Gasteiger partial charge in [-0.3, -0.25) is 4.79 Å². The molecule has 1 aromatic heterocycles. The van der Waals surface area contributed by atoms with E-state index in [2.05, 4.69) is 10.1 Å². The van der Waals surface area contributed by atoms with E-state index in [-0.39, 0.29) is 17.3 Å². The molecule has 0 aliphatic carbocycles. The second-order valence-electron chi connectivity index (χ2n) is 5.10. The maximum atomic E-state index is 12.8. The molecule has 114 valence electrons. The molecule has 0 fully saturated rings. The largest absolute Gasteiger partial charge is 0.416 e. The fourth-order valence-electron chi connectivity index (χ4n) is 2.56. The molecule has 1 aliphatic rings. The van der Waals surface area contributed by atoms with E-state index in [9.17, 15) is 18.0 Å². The molecule has 2 heterocycles. The van der Waals surface area contributed by atoms with Crippen molar-refractivity contribution >= 4 is 5.91 Å². The highest BCUT2D eigenvalue weighted by atomic mass is 19.4. The van der Waals surface area contributed by atoms with Crippen molar-refractivity contribution in [3.63, 3.8) is 0 Å². The van der Waals surface area contributed by atoms with Gasteiger partial charge in [0.15, 0.2) is 11.6 Å². The van der Waals surface area contributed by atoms with Crippen LogP contribution in [0.1, 0.15) is 15.9 Å². The molecule has 0 unspecified atom stereocenters. The number of alkyl halides is 3. The highest BCUT2D eigenvalue weighted by molar-refractivity contribution is 6.07. The van der Waals surface area contributed by atoms with Gasteiger partial charge in [-0.1, -0.05) is 30.3 Å². The Labute approximate surface area is 128 Å². The molecule has 7 heteroatoms. The Hall–Kier alpha value is -2.96. The molecule has 1 aliphatic heterocycles. The molecule has 0 amide bonds. The van der Waals surface area contributed by atoms with Gasteiger partial charge < -0.3 is 0 Å². The summed E-state index contributed by atoms with van der Waals surface area (Å²) in [6, 6.07) is 11.6. The third-order valence-electron chi connectivity index (χ3n) is 3.65. The van der Waals surface area contributed by atoms with Gasteiger partial charge in [0.05, 0.1) is 11.1 Å². The van der Waals surface area contributed by atoms with Crippen molar-refractivity contribution in [3.8, 4) is 22.8 Å². The van der Waals surface area contributed by atoms with Crippen molar-refractivity contribution in [2.45, 2.75) is 6.18 Å². The topological polar surface area (TPSA) is 47.8 Å². The molecule has 0 saturated heterocycles. The van der Waals surface area contributed by atoms with Gasteiger partial charge in [-0.15, -0.1) is 5.10 Å². The Morgan fingerprint density at radius 3 is 2.43 bits per heavy atom. The van der Waals surface area contributed by atoms with Gasteiger partial charge in [-0.25, -0.2) is 4.98 Å². The third-order valence-corrected chi connectivity index (χ3v) is 3.65.